The van der Waals surface area contributed by atoms with E-state index in [0.29, 0.717) is 6.42 Å². The van der Waals surface area contributed by atoms with Gasteiger partial charge >= 0.3 is 5.97 Å². The Kier molecular flexibility index (Phi) is 4.69. The van der Waals surface area contributed by atoms with Crippen LogP contribution in [-0.2, 0) is 22.6 Å². The second-order valence-corrected chi connectivity index (χ2v) is 5.54. The number of fused-ring (bicyclic) bond motifs is 1. The van der Waals surface area contributed by atoms with Crippen LogP contribution in [0.15, 0.2) is 72.8 Å². The fourth-order valence-electron chi connectivity index (χ4n) is 2.63. The minimum atomic E-state index is -0.646. The molecule has 1 atom stereocenters. The number of ether oxygens (including phenoxy) is 1. The van der Waals surface area contributed by atoms with Crippen LogP contribution >= 0.6 is 0 Å². The number of esters is 1. The Morgan fingerprint density at radius 2 is 1.61 bits per heavy atom. The molecule has 0 fully saturated rings. The molecule has 1 unspecified atom stereocenters. The van der Waals surface area contributed by atoms with E-state index in [1.165, 1.54) is 0 Å². The van der Waals surface area contributed by atoms with Gasteiger partial charge in [0.15, 0.2) is 0 Å². The van der Waals surface area contributed by atoms with Crippen LogP contribution in [0.3, 0.4) is 0 Å². The van der Waals surface area contributed by atoms with Crippen LogP contribution in [0.5, 0.6) is 0 Å². The average Bonchev–Trinajstić information content (AvgIpc) is 2.60. The molecular formula is C20H19NO2. The molecule has 0 saturated carbocycles. The third kappa shape index (κ3) is 3.76. The van der Waals surface area contributed by atoms with Gasteiger partial charge in [-0.1, -0.05) is 72.8 Å². The summed E-state index contributed by atoms with van der Waals surface area (Å²) < 4.78 is 5.41. The number of carbonyl (C=O) groups excluding carboxylic acids is 1. The van der Waals surface area contributed by atoms with Crippen molar-refractivity contribution in [2.75, 3.05) is 0 Å². The summed E-state index contributed by atoms with van der Waals surface area (Å²) >= 11 is 0. The van der Waals surface area contributed by atoms with E-state index in [1.54, 1.807) is 0 Å². The highest BCUT2D eigenvalue weighted by Gasteiger charge is 2.16. The van der Waals surface area contributed by atoms with E-state index in [-0.39, 0.29) is 12.6 Å². The first-order chi connectivity index (χ1) is 11.2. The molecule has 3 aromatic rings. The van der Waals surface area contributed by atoms with Gasteiger partial charge in [0.1, 0.15) is 12.6 Å². The lowest BCUT2D eigenvalue weighted by Crippen LogP contribution is -2.34. The second kappa shape index (κ2) is 7.07. The lowest BCUT2D eigenvalue weighted by Gasteiger charge is -2.12. The first-order valence-electron chi connectivity index (χ1n) is 7.67. The lowest BCUT2D eigenvalue weighted by molar-refractivity contribution is -0.146. The van der Waals surface area contributed by atoms with E-state index in [0.717, 1.165) is 21.9 Å². The Morgan fingerprint density at radius 1 is 0.913 bits per heavy atom. The largest absolute Gasteiger partial charge is 0.460 e. The fourth-order valence-corrected chi connectivity index (χ4v) is 2.63. The standard InChI is InChI=1S/C20H19NO2/c21-19(13-15-7-2-1-3-8-15)20(22)23-14-17-11-6-10-16-9-4-5-12-18(16)17/h1-12,19H,13-14,21H2. The van der Waals surface area contributed by atoms with Gasteiger partial charge in [-0.25, -0.2) is 0 Å². The van der Waals surface area contributed by atoms with Gasteiger partial charge < -0.3 is 10.5 Å². The smallest absolute Gasteiger partial charge is 0.323 e. The summed E-state index contributed by atoms with van der Waals surface area (Å²) in [6.45, 7) is 0.239. The van der Waals surface area contributed by atoms with Crippen molar-refractivity contribution in [2.24, 2.45) is 5.73 Å². The van der Waals surface area contributed by atoms with Crippen molar-refractivity contribution in [3.63, 3.8) is 0 Å². The monoisotopic (exact) mass is 305 g/mol. The van der Waals surface area contributed by atoms with Crippen LogP contribution in [0.4, 0.5) is 0 Å². The SMILES string of the molecule is NC(Cc1ccccc1)C(=O)OCc1cccc2ccccc12. The Balaban J connectivity index is 1.64. The minimum Gasteiger partial charge on any atom is -0.460 e. The van der Waals surface area contributed by atoms with E-state index < -0.39 is 6.04 Å². The van der Waals surface area contributed by atoms with Gasteiger partial charge in [0.05, 0.1) is 0 Å². The van der Waals surface area contributed by atoms with Gasteiger partial charge in [-0.15, -0.1) is 0 Å². The summed E-state index contributed by atoms with van der Waals surface area (Å²) in [5, 5.41) is 2.23. The highest BCUT2D eigenvalue weighted by molar-refractivity contribution is 5.85. The van der Waals surface area contributed by atoms with E-state index in [1.807, 2.05) is 72.8 Å². The molecule has 116 valence electrons. The van der Waals surface area contributed by atoms with Crippen LogP contribution in [0.1, 0.15) is 11.1 Å². The summed E-state index contributed by atoms with van der Waals surface area (Å²) in [6.07, 6.45) is 0.481. The van der Waals surface area contributed by atoms with Gasteiger partial charge in [-0.05, 0) is 28.3 Å². The van der Waals surface area contributed by atoms with Crippen LogP contribution in [0, 0.1) is 0 Å². The van der Waals surface area contributed by atoms with Crippen molar-refractivity contribution in [3.05, 3.63) is 83.9 Å². The molecule has 3 rings (SSSR count). The van der Waals surface area contributed by atoms with E-state index in [2.05, 4.69) is 0 Å². The van der Waals surface area contributed by atoms with Gasteiger partial charge in [0, 0.05) is 0 Å². The van der Waals surface area contributed by atoms with Crippen molar-refractivity contribution in [3.8, 4) is 0 Å². The number of nitrogens with two attached hydrogens (primary N) is 1. The Morgan fingerprint density at radius 3 is 2.43 bits per heavy atom. The fraction of sp³-hybridized carbons (Fsp3) is 0.150. The topological polar surface area (TPSA) is 52.3 Å². The highest BCUT2D eigenvalue weighted by atomic mass is 16.5. The molecule has 0 aromatic heterocycles. The molecule has 0 radical (unpaired) electrons. The molecule has 0 bridgehead atoms. The molecular weight excluding hydrogens is 286 g/mol. The van der Waals surface area contributed by atoms with Gasteiger partial charge in [0.2, 0.25) is 0 Å². The van der Waals surface area contributed by atoms with Gasteiger partial charge in [0.25, 0.3) is 0 Å². The third-order valence-corrected chi connectivity index (χ3v) is 3.85. The zero-order chi connectivity index (χ0) is 16.1. The molecule has 3 heteroatoms. The summed E-state index contributed by atoms with van der Waals surface area (Å²) in [6, 6.07) is 23.1. The highest BCUT2D eigenvalue weighted by Crippen LogP contribution is 2.19. The maximum absolute atomic E-state index is 12.1. The van der Waals surface area contributed by atoms with Crippen molar-refractivity contribution in [1.29, 1.82) is 0 Å². The maximum Gasteiger partial charge on any atom is 0.323 e. The Hall–Kier alpha value is -2.65. The second-order valence-electron chi connectivity index (χ2n) is 5.54. The molecule has 0 aliphatic rings. The average molecular weight is 305 g/mol. The van der Waals surface area contributed by atoms with Crippen LogP contribution in [-0.4, -0.2) is 12.0 Å². The van der Waals surface area contributed by atoms with Crippen LogP contribution < -0.4 is 5.73 Å². The first kappa shape index (κ1) is 15.3. The van der Waals surface area contributed by atoms with Gasteiger partial charge in [-0.3, -0.25) is 4.79 Å². The predicted octanol–water partition coefficient (Wildman–Crippen LogP) is 3.45. The zero-order valence-corrected chi connectivity index (χ0v) is 12.8. The van der Waals surface area contributed by atoms with Gasteiger partial charge in [-0.2, -0.15) is 0 Å². The van der Waals surface area contributed by atoms with Crippen molar-refractivity contribution >= 4 is 16.7 Å². The molecule has 3 nitrogen and oxygen atoms in total. The predicted molar refractivity (Wildman–Crippen MR) is 91.9 cm³/mol. The molecule has 3 aromatic carbocycles. The molecule has 23 heavy (non-hydrogen) atoms. The molecule has 2 N–H and O–H groups in total. The van der Waals surface area contributed by atoms with Crippen molar-refractivity contribution in [2.45, 2.75) is 19.1 Å². The molecule has 0 heterocycles. The number of hydrogen-bond donors (Lipinski definition) is 1. The maximum atomic E-state index is 12.1. The minimum absolute atomic E-state index is 0.239. The molecule has 0 saturated heterocycles. The zero-order valence-electron chi connectivity index (χ0n) is 12.8. The Labute approximate surface area is 135 Å². The third-order valence-electron chi connectivity index (χ3n) is 3.85. The van der Waals surface area contributed by atoms with Crippen LogP contribution in [0.2, 0.25) is 0 Å². The van der Waals surface area contributed by atoms with E-state index >= 15 is 0 Å². The molecule has 0 amide bonds. The number of rotatable bonds is 5. The summed E-state index contributed by atoms with van der Waals surface area (Å²) in [5.74, 6) is -0.373. The number of benzene rings is 3. The van der Waals surface area contributed by atoms with E-state index in [9.17, 15) is 4.79 Å². The summed E-state index contributed by atoms with van der Waals surface area (Å²) in [7, 11) is 0. The van der Waals surface area contributed by atoms with Crippen LogP contribution in [0.25, 0.3) is 10.8 Å². The van der Waals surface area contributed by atoms with E-state index in [4.69, 9.17) is 10.5 Å². The number of carbonyl (C=O) groups is 1. The molecule has 0 aliphatic carbocycles. The molecule has 0 spiro atoms. The summed E-state index contributed by atoms with van der Waals surface area (Å²) in [4.78, 5) is 12.1. The van der Waals surface area contributed by atoms with Crippen molar-refractivity contribution in [1.82, 2.24) is 0 Å². The number of hydrogen-bond acceptors (Lipinski definition) is 3. The summed E-state index contributed by atoms with van der Waals surface area (Å²) in [5.41, 5.74) is 7.97. The lowest BCUT2D eigenvalue weighted by atomic mass is 10.1. The quantitative estimate of drug-likeness (QED) is 0.735. The first-order valence-corrected chi connectivity index (χ1v) is 7.67. The Bertz CT molecular complexity index is 794. The normalized spacial score (nSPS) is 12.0. The van der Waals surface area contributed by atoms with Crippen molar-refractivity contribution < 1.29 is 9.53 Å². The molecule has 0 aliphatic heterocycles.